The Kier molecular flexibility index (Phi) is 7.45. The number of carbonyl (C=O) groups excluding carboxylic acids is 2. The van der Waals surface area contributed by atoms with E-state index in [1.165, 1.54) is 4.90 Å². The molecular formula is C28H28N2O5. The fourth-order valence-corrected chi connectivity index (χ4v) is 4.12. The molecule has 7 nitrogen and oxygen atoms in total. The Balaban J connectivity index is 1.81. The summed E-state index contributed by atoms with van der Waals surface area (Å²) in [4.78, 5) is 30.8. The number of pyridine rings is 1. The number of ether oxygens (including phenoxy) is 2. The van der Waals surface area contributed by atoms with Gasteiger partial charge >= 0.3 is 0 Å². The van der Waals surface area contributed by atoms with Crippen LogP contribution in [-0.4, -0.2) is 29.8 Å². The molecule has 0 saturated carbocycles. The minimum absolute atomic E-state index is 0.0632. The van der Waals surface area contributed by atoms with E-state index in [1.807, 2.05) is 38.1 Å². The van der Waals surface area contributed by atoms with Crippen LogP contribution in [0.15, 0.2) is 78.6 Å². The van der Waals surface area contributed by atoms with Crippen LogP contribution < -0.4 is 19.6 Å². The highest BCUT2D eigenvalue weighted by Gasteiger charge is 2.44. The summed E-state index contributed by atoms with van der Waals surface area (Å²) in [6, 6.07) is 16.7. The van der Waals surface area contributed by atoms with Crippen LogP contribution in [0.5, 0.6) is 11.5 Å². The Morgan fingerprint density at radius 3 is 2.49 bits per heavy atom. The number of H-pyrrole nitrogens is 1. The number of nitrogens with one attached hydrogen (secondary N) is 1. The van der Waals surface area contributed by atoms with E-state index in [2.05, 4.69) is 4.98 Å². The lowest BCUT2D eigenvalue weighted by Crippen LogP contribution is -2.29. The van der Waals surface area contributed by atoms with E-state index in [1.54, 1.807) is 48.8 Å². The monoisotopic (exact) mass is 472 g/mol. The van der Waals surface area contributed by atoms with Crippen molar-refractivity contribution in [3.05, 3.63) is 95.3 Å². The van der Waals surface area contributed by atoms with Crippen molar-refractivity contribution in [3.8, 4) is 11.5 Å². The molecule has 2 heterocycles. The van der Waals surface area contributed by atoms with Gasteiger partial charge in [0, 0.05) is 17.2 Å². The number of hydrogen-bond donors (Lipinski definition) is 0. The van der Waals surface area contributed by atoms with Gasteiger partial charge in [-0.15, -0.1) is 0 Å². The number of ketones is 1. The first-order valence-corrected chi connectivity index (χ1v) is 11.7. The minimum Gasteiger partial charge on any atom is -0.872 e. The first-order chi connectivity index (χ1) is 17.0. The third-order valence-corrected chi connectivity index (χ3v) is 5.73. The molecule has 1 atom stereocenters. The van der Waals surface area contributed by atoms with Crippen LogP contribution in [0.25, 0.3) is 5.76 Å². The molecule has 1 amide bonds. The summed E-state index contributed by atoms with van der Waals surface area (Å²) in [5, 5.41) is 13.6. The van der Waals surface area contributed by atoms with Gasteiger partial charge in [-0.2, -0.15) is 0 Å². The Labute approximate surface area is 204 Å². The average Bonchev–Trinajstić information content (AvgIpc) is 3.13. The lowest BCUT2D eigenvalue weighted by atomic mass is 9.95. The van der Waals surface area contributed by atoms with E-state index >= 15 is 0 Å². The van der Waals surface area contributed by atoms with Gasteiger partial charge in [0.1, 0.15) is 11.5 Å². The van der Waals surface area contributed by atoms with Crippen molar-refractivity contribution in [2.45, 2.75) is 32.9 Å². The smallest absolute Gasteiger partial charge is 0.295 e. The number of rotatable bonds is 9. The van der Waals surface area contributed by atoms with E-state index < -0.39 is 23.5 Å². The largest absolute Gasteiger partial charge is 0.872 e. The molecule has 1 aliphatic heterocycles. The van der Waals surface area contributed by atoms with Crippen LogP contribution in [0.1, 0.15) is 43.0 Å². The second-order valence-electron chi connectivity index (χ2n) is 8.20. The second-order valence-corrected chi connectivity index (χ2v) is 8.20. The van der Waals surface area contributed by atoms with Crippen LogP contribution in [0, 0.1) is 0 Å². The predicted molar refractivity (Wildman–Crippen MR) is 128 cm³/mol. The molecule has 1 aromatic heterocycles. The van der Waals surface area contributed by atoms with E-state index in [9.17, 15) is 14.7 Å². The summed E-state index contributed by atoms with van der Waals surface area (Å²) < 4.78 is 11.2. The fraction of sp³-hybridized carbons (Fsp3) is 0.250. The molecule has 180 valence electrons. The molecule has 35 heavy (non-hydrogen) atoms. The van der Waals surface area contributed by atoms with Crippen LogP contribution >= 0.6 is 0 Å². The Morgan fingerprint density at radius 1 is 1.00 bits per heavy atom. The molecule has 3 aromatic rings. The molecule has 1 saturated heterocycles. The van der Waals surface area contributed by atoms with Crippen molar-refractivity contribution in [1.29, 1.82) is 0 Å². The molecule has 1 fully saturated rings. The second kappa shape index (κ2) is 10.9. The Morgan fingerprint density at radius 2 is 1.80 bits per heavy atom. The van der Waals surface area contributed by atoms with Gasteiger partial charge in [0.2, 0.25) is 5.78 Å². The van der Waals surface area contributed by atoms with Crippen molar-refractivity contribution in [1.82, 2.24) is 4.90 Å². The highest BCUT2D eigenvalue weighted by Crippen LogP contribution is 2.40. The van der Waals surface area contributed by atoms with E-state index in [-0.39, 0.29) is 12.1 Å². The average molecular weight is 473 g/mol. The highest BCUT2D eigenvalue weighted by atomic mass is 16.5. The van der Waals surface area contributed by atoms with Gasteiger partial charge in [0.05, 0.1) is 25.8 Å². The van der Waals surface area contributed by atoms with Gasteiger partial charge in [-0.3, -0.25) is 9.59 Å². The topological polar surface area (TPSA) is 93.0 Å². The first kappa shape index (κ1) is 24.0. The van der Waals surface area contributed by atoms with Crippen molar-refractivity contribution >= 4 is 17.4 Å². The predicted octanol–water partition coefficient (Wildman–Crippen LogP) is 3.11. The molecule has 1 aliphatic rings. The lowest BCUT2D eigenvalue weighted by Gasteiger charge is -2.27. The van der Waals surface area contributed by atoms with Crippen molar-refractivity contribution in [3.63, 3.8) is 0 Å². The molecule has 0 bridgehead atoms. The maximum absolute atomic E-state index is 13.6. The van der Waals surface area contributed by atoms with Crippen LogP contribution in [-0.2, 0) is 16.1 Å². The van der Waals surface area contributed by atoms with Crippen LogP contribution in [0.2, 0.25) is 0 Å². The number of nitrogens with zero attached hydrogens (tertiary/aromatic N) is 1. The quantitative estimate of drug-likeness (QED) is 0.271. The zero-order chi connectivity index (χ0) is 24.8. The van der Waals surface area contributed by atoms with Gasteiger partial charge in [-0.1, -0.05) is 36.9 Å². The van der Waals surface area contributed by atoms with E-state index in [4.69, 9.17) is 9.47 Å². The normalized spacial score (nSPS) is 17.0. The maximum atomic E-state index is 13.6. The number of aromatic nitrogens is 1. The summed E-state index contributed by atoms with van der Waals surface area (Å²) in [6.45, 7) is 5.10. The van der Waals surface area contributed by atoms with Crippen LogP contribution in [0.4, 0.5) is 0 Å². The number of amides is 1. The third kappa shape index (κ3) is 5.19. The zero-order valence-electron chi connectivity index (χ0n) is 19.8. The number of aromatic amines is 1. The van der Waals surface area contributed by atoms with Gasteiger partial charge in [-0.05, 0) is 54.8 Å². The summed E-state index contributed by atoms with van der Waals surface area (Å²) in [5.41, 5.74) is 1.72. The molecule has 0 spiro atoms. The van der Waals surface area contributed by atoms with Gasteiger partial charge in [-0.25, -0.2) is 4.98 Å². The number of likely N-dealkylation sites (tertiary alicyclic amines) is 1. The molecule has 0 radical (unpaired) electrons. The minimum atomic E-state index is -0.834. The standard InChI is InChI=1S/C28H28N2O5/c1-3-15-35-23-9-5-8-21(16-23)25-24(26(31)20-10-12-22(13-11-20)34-4-2)27(32)28(33)30(25)18-19-7-6-14-29-17-19/h5-14,16-17,25,31H,3-4,15,18H2,1-2H3/b26-24+. The van der Waals surface area contributed by atoms with E-state index in [0.717, 1.165) is 12.0 Å². The summed E-state index contributed by atoms with van der Waals surface area (Å²) >= 11 is 0. The summed E-state index contributed by atoms with van der Waals surface area (Å²) in [6.07, 6.45) is 4.37. The summed E-state index contributed by atoms with van der Waals surface area (Å²) in [7, 11) is 0. The Bertz CT molecular complexity index is 1220. The maximum Gasteiger partial charge on any atom is 0.295 e. The SMILES string of the molecule is CCCOc1cccc(C2/C(=C(\[O-])c3ccc(OCC)cc3)C(=O)C(=O)N2Cc2ccc[nH+]c2)c1. The molecule has 7 heteroatoms. The Hall–Kier alpha value is -4.13. The number of Topliss-reactive ketones (excluding diaryl/α,β-unsaturated/α-hetero) is 1. The highest BCUT2D eigenvalue weighted by molar-refractivity contribution is 6.46. The van der Waals surface area contributed by atoms with Gasteiger partial charge < -0.3 is 19.5 Å². The van der Waals surface area contributed by atoms with Crippen molar-refractivity contribution in [2.24, 2.45) is 0 Å². The number of carbonyl (C=O) groups is 2. The molecule has 1 unspecified atom stereocenters. The molecule has 1 N–H and O–H groups in total. The first-order valence-electron chi connectivity index (χ1n) is 11.7. The van der Waals surface area contributed by atoms with Crippen molar-refractivity contribution in [2.75, 3.05) is 13.2 Å². The number of hydrogen-bond acceptors (Lipinski definition) is 5. The van der Waals surface area contributed by atoms with Crippen LogP contribution in [0.3, 0.4) is 0 Å². The fourth-order valence-electron chi connectivity index (χ4n) is 4.12. The molecular weight excluding hydrogens is 444 g/mol. The lowest BCUT2D eigenvalue weighted by molar-refractivity contribution is -0.378. The number of benzene rings is 2. The van der Waals surface area contributed by atoms with Crippen molar-refractivity contribution < 1.29 is 29.2 Å². The molecule has 2 aromatic carbocycles. The third-order valence-electron chi connectivity index (χ3n) is 5.73. The van der Waals surface area contributed by atoms with E-state index in [0.29, 0.717) is 35.8 Å². The van der Waals surface area contributed by atoms with Gasteiger partial charge in [0.25, 0.3) is 5.91 Å². The van der Waals surface area contributed by atoms with Gasteiger partial charge in [0.15, 0.2) is 12.4 Å². The molecule has 0 aliphatic carbocycles. The zero-order valence-corrected chi connectivity index (χ0v) is 19.8. The summed E-state index contributed by atoms with van der Waals surface area (Å²) in [5.74, 6) is -0.709. The molecule has 4 rings (SSSR count).